The predicted octanol–water partition coefficient (Wildman–Crippen LogP) is 0.835. The van der Waals surface area contributed by atoms with Crippen LogP contribution in [0.5, 0.6) is 0 Å². The first-order chi connectivity index (χ1) is 8.79. The molecule has 0 radical (unpaired) electrons. The van der Waals surface area contributed by atoms with Crippen molar-refractivity contribution in [3.8, 4) is 0 Å². The van der Waals surface area contributed by atoms with E-state index in [-0.39, 0.29) is 0 Å². The van der Waals surface area contributed by atoms with Gasteiger partial charge in [0.25, 0.3) is 0 Å². The molecule has 1 saturated heterocycles. The molecule has 0 spiro atoms. The second-order valence-electron chi connectivity index (χ2n) is 4.27. The van der Waals surface area contributed by atoms with Crippen LogP contribution in [0.2, 0.25) is 0 Å². The van der Waals surface area contributed by atoms with Crippen molar-refractivity contribution in [3.63, 3.8) is 0 Å². The SMILES string of the molecule is O=CN1CCN(C(=S)NCc2ccccc2)CC1. The molecule has 1 aromatic rings. The summed E-state index contributed by atoms with van der Waals surface area (Å²) < 4.78 is 0. The third-order valence-corrected chi connectivity index (χ3v) is 3.44. The molecular formula is C13H17N3OS. The molecule has 1 aliphatic rings. The van der Waals surface area contributed by atoms with Crippen molar-refractivity contribution in [3.05, 3.63) is 35.9 Å². The van der Waals surface area contributed by atoms with E-state index in [0.717, 1.165) is 44.2 Å². The third kappa shape index (κ3) is 3.43. The van der Waals surface area contributed by atoms with Crippen LogP contribution in [-0.4, -0.2) is 47.5 Å². The molecule has 0 aromatic heterocycles. The van der Waals surface area contributed by atoms with E-state index in [1.165, 1.54) is 5.56 Å². The largest absolute Gasteiger partial charge is 0.358 e. The van der Waals surface area contributed by atoms with Crippen LogP contribution in [0.1, 0.15) is 5.56 Å². The molecule has 1 aliphatic heterocycles. The summed E-state index contributed by atoms with van der Waals surface area (Å²) in [5.74, 6) is 0. The summed E-state index contributed by atoms with van der Waals surface area (Å²) in [5.41, 5.74) is 1.21. The highest BCUT2D eigenvalue weighted by atomic mass is 32.1. The smallest absolute Gasteiger partial charge is 0.209 e. The van der Waals surface area contributed by atoms with E-state index in [0.29, 0.717) is 0 Å². The molecule has 1 aromatic carbocycles. The predicted molar refractivity (Wildman–Crippen MR) is 75.1 cm³/mol. The van der Waals surface area contributed by atoms with E-state index in [2.05, 4.69) is 22.3 Å². The van der Waals surface area contributed by atoms with Crippen LogP contribution < -0.4 is 5.32 Å². The maximum atomic E-state index is 10.6. The van der Waals surface area contributed by atoms with Crippen LogP contribution in [0.25, 0.3) is 0 Å². The number of nitrogens with one attached hydrogen (secondary N) is 1. The van der Waals surface area contributed by atoms with Crippen molar-refractivity contribution in [2.45, 2.75) is 6.54 Å². The van der Waals surface area contributed by atoms with Gasteiger partial charge in [0.1, 0.15) is 0 Å². The molecule has 0 unspecified atom stereocenters. The summed E-state index contributed by atoms with van der Waals surface area (Å²) in [7, 11) is 0. The van der Waals surface area contributed by atoms with Gasteiger partial charge in [0, 0.05) is 32.7 Å². The fourth-order valence-corrected chi connectivity index (χ4v) is 2.17. The second kappa shape index (κ2) is 6.35. The molecule has 0 saturated carbocycles. The van der Waals surface area contributed by atoms with Gasteiger partial charge < -0.3 is 15.1 Å². The normalized spacial score (nSPS) is 15.3. The summed E-state index contributed by atoms with van der Waals surface area (Å²) >= 11 is 5.36. The average molecular weight is 263 g/mol. The van der Waals surface area contributed by atoms with Gasteiger partial charge in [0.2, 0.25) is 6.41 Å². The lowest BCUT2D eigenvalue weighted by molar-refractivity contribution is -0.119. The Bertz CT molecular complexity index is 402. The standard InChI is InChI=1S/C13H17N3OS/c17-11-15-6-8-16(9-7-15)13(18)14-10-12-4-2-1-3-5-12/h1-5,11H,6-10H2,(H,14,18). The van der Waals surface area contributed by atoms with Crippen molar-refractivity contribution in [2.24, 2.45) is 0 Å². The van der Waals surface area contributed by atoms with E-state index < -0.39 is 0 Å². The van der Waals surface area contributed by atoms with Crippen LogP contribution >= 0.6 is 12.2 Å². The highest BCUT2D eigenvalue weighted by Crippen LogP contribution is 2.02. The Labute approximate surface area is 113 Å². The summed E-state index contributed by atoms with van der Waals surface area (Å²) in [6.45, 7) is 3.85. The Kier molecular flexibility index (Phi) is 4.52. The number of carbonyl (C=O) groups excluding carboxylic acids is 1. The van der Waals surface area contributed by atoms with Crippen LogP contribution in [0.3, 0.4) is 0 Å². The topological polar surface area (TPSA) is 35.6 Å². The minimum atomic E-state index is 0.744. The number of piperazine rings is 1. The Morgan fingerprint density at radius 2 is 1.89 bits per heavy atom. The monoisotopic (exact) mass is 263 g/mol. The molecule has 5 heteroatoms. The molecule has 96 valence electrons. The van der Waals surface area contributed by atoms with Crippen LogP contribution in [-0.2, 0) is 11.3 Å². The van der Waals surface area contributed by atoms with Gasteiger partial charge in [0.15, 0.2) is 5.11 Å². The number of nitrogens with zero attached hydrogens (tertiary/aromatic N) is 2. The van der Waals surface area contributed by atoms with Crippen LogP contribution in [0.15, 0.2) is 30.3 Å². The zero-order valence-electron chi connectivity index (χ0n) is 10.2. The fourth-order valence-electron chi connectivity index (χ4n) is 1.92. The number of rotatable bonds is 3. The van der Waals surface area contributed by atoms with Gasteiger partial charge >= 0.3 is 0 Å². The lowest BCUT2D eigenvalue weighted by atomic mass is 10.2. The highest BCUT2D eigenvalue weighted by Gasteiger charge is 2.17. The van der Waals surface area contributed by atoms with Crippen molar-refractivity contribution >= 4 is 23.7 Å². The molecule has 1 heterocycles. The van der Waals surface area contributed by atoms with E-state index in [1.807, 2.05) is 18.2 Å². The molecule has 1 fully saturated rings. The zero-order valence-corrected chi connectivity index (χ0v) is 11.0. The van der Waals surface area contributed by atoms with E-state index in [4.69, 9.17) is 12.2 Å². The minimum Gasteiger partial charge on any atom is -0.358 e. The average Bonchev–Trinajstić information content (AvgIpc) is 2.46. The number of amides is 1. The van der Waals surface area contributed by atoms with Gasteiger partial charge in [-0.2, -0.15) is 0 Å². The quantitative estimate of drug-likeness (QED) is 0.647. The van der Waals surface area contributed by atoms with Gasteiger partial charge in [0.05, 0.1) is 0 Å². The Balaban J connectivity index is 1.77. The maximum Gasteiger partial charge on any atom is 0.209 e. The third-order valence-electron chi connectivity index (χ3n) is 3.04. The first-order valence-electron chi connectivity index (χ1n) is 6.05. The van der Waals surface area contributed by atoms with Crippen molar-refractivity contribution in [1.82, 2.24) is 15.1 Å². The van der Waals surface area contributed by atoms with E-state index in [9.17, 15) is 4.79 Å². The van der Waals surface area contributed by atoms with Gasteiger partial charge in [-0.05, 0) is 17.8 Å². The highest BCUT2D eigenvalue weighted by molar-refractivity contribution is 7.80. The summed E-state index contributed by atoms with van der Waals surface area (Å²) in [6, 6.07) is 10.2. The molecule has 18 heavy (non-hydrogen) atoms. The summed E-state index contributed by atoms with van der Waals surface area (Å²) in [4.78, 5) is 14.5. The number of benzene rings is 1. The van der Waals surface area contributed by atoms with Crippen molar-refractivity contribution in [2.75, 3.05) is 26.2 Å². The summed E-state index contributed by atoms with van der Waals surface area (Å²) in [5, 5.41) is 4.02. The molecule has 0 bridgehead atoms. The summed E-state index contributed by atoms with van der Waals surface area (Å²) in [6.07, 6.45) is 0.901. The van der Waals surface area contributed by atoms with Gasteiger partial charge in [-0.3, -0.25) is 4.79 Å². The molecule has 0 aliphatic carbocycles. The number of hydrogen-bond acceptors (Lipinski definition) is 2. The van der Waals surface area contributed by atoms with Gasteiger partial charge in [-0.15, -0.1) is 0 Å². The molecule has 4 nitrogen and oxygen atoms in total. The lowest BCUT2D eigenvalue weighted by Crippen LogP contribution is -2.51. The maximum absolute atomic E-state index is 10.6. The van der Waals surface area contributed by atoms with E-state index in [1.54, 1.807) is 4.90 Å². The molecule has 2 rings (SSSR count). The van der Waals surface area contributed by atoms with Crippen molar-refractivity contribution < 1.29 is 4.79 Å². The molecule has 0 atom stereocenters. The Hall–Kier alpha value is -1.62. The molecular weight excluding hydrogens is 246 g/mol. The Morgan fingerprint density at radius 3 is 2.50 bits per heavy atom. The second-order valence-corrected chi connectivity index (χ2v) is 4.66. The number of hydrogen-bond donors (Lipinski definition) is 1. The van der Waals surface area contributed by atoms with Gasteiger partial charge in [-0.1, -0.05) is 30.3 Å². The molecule has 1 N–H and O–H groups in total. The fraction of sp³-hybridized carbons (Fsp3) is 0.385. The van der Waals surface area contributed by atoms with Crippen molar-refractivity contribution in [1.29, 1.82) is 0 Å². The van der Waals surface area contributed by atoms with Crippen LogP contribution in [0, 0.1) is 0 Å². The zero-order chi connectivity index (χ0) is 12.8. The molecule has 1 amide bonds. The number of carbonyl (C=O) groups is 1. The first kappa shape index (κ1) is 12.8. The lowest BCUT2D eigenvalue weighted by Gasteiger charge is -2.34. The number of thiocarbonyl (C=S) groups is 1. The van der Waals surface area contributed by atoms with Crippen LogP contribution in [0.4, 0.5) is 0 Å². The van der Waals surface area contributed by atoms with Gasteiger partial charge in [-0.25, -0.2) is 0 Å². The van der Waals surface area contributed by atoms with E-state index >= 15 is 0 Å². The Morgan fingerprint density at radius 1 is 1.22 bits per heavy atom. The minimum absolute atomic E-state index is 0.744. The first-order valence-corrected chi connectivity index (χ1v) is 6.46.